The average Bonchev–Trinajstić information content (AvgIpc) is 3.16. The Labute approximate surface area is 314 Å². The molecule has 3 aromatic carbocycles. The van der Waals surface area contributed by atoms with E-state index in [1.165, 1.54) is 24.3 Å². The number of nitrogens with one attached hydrogen (secondary N) is 2. The van der Waals surface area contributed by atoms with Gasteiger partial charge in [0.25, 0.3) is 5.91 Å². The molecule has 12 nitrogen and oxygen atoms in total. The summed E-state index contributed by atoms with van der Waals surface area (Å²) in [6.45, 7) is 6.36. The Balaban J connectivity index is 0.998. The number of anilines is 1. The number of rotatable bonds is 15. The molecule has 1 atom stereocenters. The van der Waals surface area contributed by atoms with Crippen molar-refractivity contribution >= 4 is 35.5 Å². The Kier molecular flexibility index (Phi) is 11.5. The van der Waals surface area contributed by atoms with Gasteiger partial charge in [-0.1, -0.05) is 51.5 Å². The number of carbonyl (C=O) groups excluding carboxylic acids is 5. The Hall–Kier alpha value is -5.91. The van der Waals surface area contributed by atoms with E-state index in [-0.39, 0.29) is 59.0 Å². The maximum absolute atomic E-state index is 13.4. The van der Waals surface area contributed by atoms with Gasteiger partial charge in [0.05, 0.1) is 18.0 Å². The number of unbranched alkanes of at least 4 members (excludes halogenated alkanes) is 1. The van der Waals surface area contributed by atoms with Crippen LogP contribution in [0.25, 0.3) is 0 Å². The third-order valence-electron chi connectivity index (χ3n) is 10.2. The van der Waals surface area contributed by atoms with Gasteiger partial charge in [-0.05, 0) is 66.4 Å². The molecule has 1 saturated carbocycles. The molecule has 54 heavy (non-hydrogen) atoms. The second kappa shape index (κ2) is 16.4. The number of hydrogen-bond acceptors (Lipinski definition) is 10. The zero-order valence-corrected chi connectivity index (χ0v) is 31.0. The molecule has 1 aliphatic heterocycles. The summed E-state index contributed by atoms with van der Waals surface area (Å²) < 4.78 is 12.2. The molecule has 0 bridgehead atoms. The number of Topliss-reactive ketones (excluding diaryl/α,β-unsaturated/α-hetero) is 1. The third-order valence-corrected chi connectivity index (χ3v) is 10.2. The van der Waals surface area contributed by atoms with Crippen LogP contribution in [0.3, 0.4) is 0 Å². The van der Waals surface area contributed by atoms with E-state index in [1.54, 1.807) is 18.2 Å². The van der Waals surface area contributed by atoms with E-state index in [4.69, 9.17) is 9.47 Å². The van der Waals surface area contributed by atoms with Gasteiger partial charge in [-0.15, -0.1) is 0 Å². The van der Waals surface area contributed by atoms with Crippen molar-refractivity contribution in [2.24, 2.45) is 0 Å². The van der Waals surface area contributed by atoms with Crippen LogP contribution in [0, 0.1) is 0 Å². The number of ketones is 1. The first-order valence-electron chi connectivity index (χ1n) is 18.3. The minimum atomic E-state index is -0.788. The molecule has 4 aromatic rings. The highest BCUT2D eigenvalue weighted by Gasteiger charge is 2.34. The van der Waals surface area contributed by atoms with Crippen molar-refractivity contribution < 1.29 is 33.4 Å². The van der Waals surface area contributed by atoms with E-state index >= 15 is 0 Å². The molecule has 1 saturated heterocycles. The number of imide groups is 1. The maximum Gasteiger partial charge on any atom is 0.255 e. The molecule has 2 N–H and O–H groups in total. The van der Waals surface area contributed by atoms with E-state index in [2.05, 4.69) is 46.6 Å². The Bertz CT molecular complexity index is 2010. The fraction of sp³-hybridized carbons (Fsp3) is 0.357. The molecule has 2 heterocycles. The molecule has 6 rings (SSSR count). The van der Waals surface area contributed by atoms with Gasteiger partial charge in [0, 0.05) is 55.4 Å². The van der Waals surface area contributed by atoms with Crippen molar-refractivity contribution in [1.82, 2.24) is 20.2 Å². The molecular formula is C42H45N5O7. The number of hydrogen-bond donors (Lipinski definition) is 2. The van der Waals surface area contributed by atoms with Crippen LogP contribution in [0.2, 0.25) is 0 Å². The molecule has 0 spiro atoms. The van der Waals surface area contributed by atoms with E-state index in [1.807, 2.05) is 43.3 Å². The van der Waals surface area contributed by atoms with Crippen molar-refractivity contribution in [1.29, 1.82) is 0 Å². The summed E-state index contributed by atoms with van der Waals surface area (Å²) in [5.74, 6) is 0.684. The number of aromatic nitrogens is 2. The van der Waals surface area contributed by atoms with E-state index < -0.39 is 17.9 Å². The standard InChI is InChI=1S/C42H45N5O7/c1-5-6-7-37(49)39-43-23-34(24-44-39)54-32-16-11-28(12-17-32)42(2,3)27-9-14-31(15-10-27)53-33-20-30(21-33)45-29-13-8-26(25-48)35(22-29)41(52)47(4)36-18-19-38(50)46-40(36)51/h8-17,22-25,30,33,36,45H,5-7,18-21H2,1-4H3,(H,46,50,51). The van der Waals surface area contributed by atoms with Gasteiger partial charge in [0.15, 0.2) is 23.6 Å². The number of ether oxygens (including phenoxy) is 2. The molecule has 3 amide bonds. The third kappa shape index (κ3) is 8.65. The summed E-state index contributed by atoms with van der Waals surface area (Å²) in [6, 6.07) is 20.3. The number of benzene rings is 3. The largest absolute Gasteiger partial charge is 0.490 e. The zero-order valence-electron chi connectivity index (χ0n) is 31.0. The van der Waals surface area contributed by atoms with Crippen LogP contribution in [0.1, 0.15) is 108 Å². The van der Waals surface area contributed by atoms with Crippen LogP contribution in [0.15, 0.2) is 79.1 Å². The lowest BCUT2D eigenvalue weighted by Crippen LogP contribution is -2.53. The predicted octanol–water partition coefficient (Wildman–Crippen LogP) is 6.68. The second-order valence-electron chi connectivity index (χ2n) is 14.4. The summed E-state index contributed by atoms with van der Waals surface area (Å²) in [6.07, 6.45) is 7.77. The number of amides is 3. The average molecular weight is 732 g/mol. The molecular weight excluding hydrogens is 686 g/mol. The van der Waals surface area contributed by atoms with Crippen molar-refractivity contribution in [3.05, 3.63) is 107 Å². The highest BCUT2D eigenvalue weighted by molar-refractivity contribution is 6.06. The van der Waals surface area contributed by atoms with Crippen LogP contribution < -0.4 is 20.1 Å². The number of aldehydes is 1. The molecule has 2 fully saturated rings. The topological polar surface area (TPSA) is 157 Å². The first-order valence-corrected chi connectivity index (χ1v) is 18.3. The van der Waals surface area contributed by atoms with Gasteiger partial charge >= 0.3 is 0 Å². The lowest BCUT2D eigenvalue weighted by atomic mass is 9.78. The highest BCUT2D eigenvalue weighted by atomic mass is 16.5. The molecule has 1 aromatic heterocycles. The maximum atomic E-state index is 13.4. The monoisotopic (exact) mass is 731 g/mol. The molecule has 2 aliphatic rings. The van der Waals surface area contributed by atoms with Crippen LogP contribution in [-0.2, 0) is 15.0 Å². The van der Waals surface area contributed by atoms with E-state index in [0.717, 1.165) is 42.6 Å². The molecule has 1 aliphatic carbocycles. The number of piperidine rings is 1. The van der Waals surface area contributed by atoms with Gasteiger partial charge in [-0.2, -0.15) is 0 Å². The Morgan fingerprint density at radius 2 is 1.59 bits per heavy atom. The number of likely N-dealkylation sites (N-methyl/N-ethyl adjacent to an activating group) is 1. The van der Waals surface area contributed by atoms with Crippen molar-refractivity contribution in [2.45, 2.75) is 89.3 Å². The molecule has 1 unspecified atom stereocenters. The SMILES string of the molecule is CCCCC(=O)c1ncc(Oc2ccc(C(C)(C)c3ccc(OC4CC(Nc5ccc(C=O)c(C(=O)N(C)C6CCC(=O)NC6=O)c5)C4)cc3)cc2)cn1. The smallest absolute Gasteiger partial charge is 0.255 e. The molecule has 12 heteroatoms. The molecule has 280 valence electrons. The molecule has 0 radical (unpaired) electrons. The Morgan fingerprint density at radius 3 is 2.20 bits per heavy atom. The predicted molar refractivity (Wildman–Crippen MR) is 202 cm³/mol. The van der Waals surface area contributed by atoms with Gasteiger partial charge < -0.3 is 19.7 Å². The minimum Gasteiger partial charge on any atom is -0.490 e. The van der Waals surface area contributed by atoms with Crippen LogP contribution in [-0.4, -0.2) is 69.9 Å². The van der Waals surface area contributed by atoms with Gasteiger partial charge in [0.2, 0.25) is 11.8 Å². The van der Waals surface area contributed by atoms with Crippen LogP contribution in [0.4, 0.5) is 5.69 Å². The fourth-order valence-corrected chi connectivity index (χ4v) is 6.68. The summed E-state index contributed by atoms with van der Waals surface area (Å²) >= 11 is 0. The number of carbonyl (C=O) groups is 5. The fourth-order valence-electron chi connectivity index (χ4n) is 6.68. The van der Waals surface area contributed by atoms with Crippen molar-refractivity contribution in [3.63, 3.8) is 0 Å². The number of nitrogens with zero attached hydrogens (tertiary/aromatic N) is 3. The summed E-state index contributed by atoms with van der Waals surface area (Å²) in [4.78, 5) is 70.8. The van der Waals surface area contributed by atoms with Crippen LogP contribution in [0.5, 0.6) is 17.2 Å². The van der Waals surface area contributed by atoms with Crippen molar-refractivity contribution in [2.75, 3.05) is 12.4 Å². The van der Waals surface area contributed by atoms with Crippen LogP contribution >= 0.6 is 0 Å². The normalized spacial score (nSPS) is 18.2. The zero-order chi connectivity index (χ0) is 38.4. The van der Waals surface area contributed by atoms with Crippen molar-refractivity contribution in [3.8, 4) is 17.2 Å². The minimum absolute atomic E-state index is 0.0195. The second-order valence-corrected chi connectivity index (χ2v) is 14.4. The highest BCUT2D eigenvalue weighted by Crippen LogP contribution is 2.35. The lowest BCUT2D eigenvalue weighted by Gasteiger charge is -2.36. The summed E-state index contributed by atoms with van der Waals surface area (Å²) in [5, 5.41) is 5.70. The van der Waals surface area contributed by atoms with E-state index in [0.29, 0.717) is 29.9 Å². The summed E-state index contributed by atoms with van der Waals surface area (Å²) in [5.41, 5.74) is 3.05. The van der Waals surface area contributed by atoms with Gasteiger partial charge in [-0.3, -0.25) is 29.3 Å². The summed E-state index contributed by atoms with van der Waals surface area (Å²) in [7, 11) is 1.50. The Morgan fingerprint density at radius 1 is 0.944 bits per heavy atom. The first-order chi connectivity index (χ1) is 25.9. The quantitative estimate of drug-likeness (QED) is 0.0768. The first kappa shape index (κ1) is 37.8. The van der Waals surface area contributed by atoms with Gasteiger partial charge in [-0.25, -0.2) is 9.97 Å². The van der Waals surface area contributed by atoms with E-state index in [9.17, 15) is 24.0 Å². The van der Waals surface area contributed by atoms with Gasteiger partial charge in [0.1, 0.15) is 23.6 Å². The lowest BCUT2D eigenvalue weighted by molar-refractivity contribution is -0.136.